The lowest BCUT2D eigenvalue weighted by Crippen LogP contribution is -2.56. The van der Waals surface area contributed by atoms with Gasteiger partial charge in [0.15, 0.2) is 0 Å². The van der Waals surface area contributed by atoms with Crippen molar-refractivity contribution in [2.45, 2.75) is 50.5 Å². The second-order valence-corrected chi connectivity index (χ2v) is 7.98. The van der Waals surface area contributed by atoms with Crippen molar-refractivity contribution in [1.82, 2.24) is 9.88 Å². The molecule has 1 fully saturated rings. The molecule has 0 spiro atoms. The lowest BCUT2D eigenvalue weighted by Gasteiger charge is -2.40. The minimum Gasteiger partial charge on any atom is -0.480 e. The summed E-state index contributed by atoms with van der Waals surface area (Å²) in [6.45, 7) is 2.48. The first-order chi connectivity index (χ1) is 13.4. The second-order valence-electron chi connectivity index (χ2n) is 7.98. The number of likely N-dealkylation sites (tertiary alicyclic amines) is 1. The third kappa shape index (κ3) is 4.75. The normalized spacial score (nSPS) is 18.2. The number of fused-ring (bicyclic) bond motifs is 1. The number of hydrogen-bond donors (Lipinski definition) is 5. The molecule has 2 heterocycles. The zero-order valence-corrected chi connectivity index (χ0v) is 16.2. The second kappa shape index (κ2) is 9.09. The SMILES string of the molecule is NC(CCCCB(O)O)(C(=O)O)C1CCN(Cc2cccc3cc[nH]c23)CC1. The summed E-state index contributed by atoms with van der Waals surface area (Å²) in [4.78, 5) is 17.6. The van der Waals surface area contributed by atoms with Crippen molar-refractivity contribution in [3.63, 3.8) is 0 Å². The molecule has 8 heteroatoms. The van der Waals surface area contributed by atoms with Gasteiger partial charge in [0.25, 0.3) is 0 Å². The molecule has 6 N–H and O–H groups in total. The molecule has 1 unspecified atom stereocenters. The third-order valence-electron chi connectivity index (χ3n) is 6.08. The summed E-state index contributed by atoms with van der Waals surface area (Å²) in [6.07, 6.45) is 5.21. The average Bonchev–Trinajstić information content (AvgIpc) is 3.15. The van der Waals surface area contributed by atoms with Crippen LogP contribution in [0.5, 0.6) is 0 Å². The van der Waals surface area contributed by atoms with Crippen molar-refractivity contribution in [3.8, 4) is 0 Å². The van der Waals surface area contributed by atoms with Gasteiger partial charge in [0, 0.05) is 18.3 Å². The van der Waals surface area contributed by atoms with Gasteiger partial charge in [0.2, 0.25) is 0 Å². The number of aromatic amines is 1. The number of piperidine rings is 1. The van der Waals surface area contributed by atoms with Gasteiger partial charge in [-0.2, -0.15) is 0 Å². The molecule has 1 saturated heterocycles. The van der Waals surface area contributed by atoms with E-state index in [4.69, 9.17) is 15.8 Å². The Balaban J connectivity index is 1.56. The van der Waals surface area contributed by atoms with Crippen molar-refractivity contribution in [1.29, 1.82) is 0 Å². The highest BCUT2D eigenvalue weighted by atomic mass is 16.4. The van der Waals surface area contributed by atoms with E-state index >= 15 is 0 Å². The van der Waals surface area contributed by atoms with Gasteiger partial charge in [-0.25, -0.2) is 0 Å². The summed E-state index contributed by atoms with van der Waals surface area (Å²) >= 11 is 0. The molecule has 1 aromatic heterocycles. The predicted molar refractivity (Wildman–Crippen MR) is 110 cm³/mol. The van der Waals surface area contributed by atoms with Crippen molar-refractivity contribution in [3.05, 3.63) is 36.0 Å². The van der Waals surface area contributed by atoms with Crippen LogP contribution in [0.3, 0.4) is 0 Å². The number of H-pyrrole nitrogens is 1. The Morgan fingerprint density at radius 3 is 2.68 bits per heavy atom. The standard InChI is InChI=1S/C20H30BN3O4/c22-20(19(25)26,9-1-2-10-21(27)28)17-7-12-24(13-8-17)14-16-5-3-4-15-6-11-23-18(15)16/h3-6,11,17,23,27-28H,1-2,7-10,12-14,22H2,(H,25,26). The van der Waals surface area contributed by atoms with E-state index < -0.39 is 18.6 Å². The van der Waals surface area contributed by atoms with E-state index in [0.717, 1.165) is 38.0 Å². The number of hydrogen-bond acceptors (Lipinski definition) is 5. The Kier molecular flexibility index (Phi) is 6.77. The van der Waals surface area contributed by atoms with Crippen molar-refractivity contribution in [2.24, 2.45) is 11.7 Å². The van der Waals surface area contributed by atoms with Gasteiger partial charge in [-0.1, -0.05) is 31.0 Å². The summed E-state index contributed by atoms with van der Waals surface area (Å²) in [5, 5.41) is 28.8. The molecule has 2 aromatic rings. The van der Waals surface area contributed by atoms with Gasteiger partial charge in [0.1, 0.15) is 5.54 Å². The van der Waals surface area contributed by atoms with Crippen LogP contribution in [0.25, 0.3) is 10.9 Å². The van der Waals surface area contributed by atoms with Crippen LogP contribution < -0.4 is 5.73 Å². The first-order valence-electron chi connectivity index (χ1n) is 10.1. The number of carboxylic acids is 1. The van der Waals surface area contributed by atoms with E-state index in [1.54, 1.807) is 0 Å². The highest BCUT2D eigenvalue weighted by Crippen LogP contribution is 2.32. The molecular weight excluding hydrogens is 357 g/mol. The number of aromatic nitrogens is 1. The molecule has 1 atom stereocenters. The summed E-state index contributed by atoms with van der Waals surface area (Å²) in [5.74, 6) is -1.02. The quantitative estimate of drug-likeness (QED) is 0.330. The molecule has 0 bridgehead atoms. The monoisotopic (exact) mass is 387 g/mol. The average molecular weight is 387 g/mol. The highest BCUT2D eigenvalue weighted by Gasteiger charge is 2.42. The van der Waals surface area contributed by atoms with E-state index in [1.165, 1.54) is 10.9 Å². The fraction of sp³-hybridized carbons (Fsp3) is 0.550. The number of nitrogens with zero attached hydrogens (tertiary/aromatic N) is 1. The Labute approximate surface area is 165 Å². The molecule has 1 aliphatic rings. The number of carboxylic acid groups (broad SMARTS) is 1. The first kappa shape index (κ1) is 20.9. The summed E-state index contributed by atoms with van der Waals surface area (Å²) in [5.41, 5.74) is 7.51. The van der Waals surface area contributed by atoms with E-state index in [1.807, 2.05) is 6.20 Å². The highest BCUT2D eigenvalue weighted by molar-refractivity contribution is 6.40. The Hall–Kier alpha value is -1.87. The Morgan fingerprint density at radius 1 is 1.25 bits per heavy atom. The van der Waals surface area contributed by atoms with Crippen LogP contribution in [0.15, 0.2) is 30.5 Å². The van der Waals surface area contributed by atoms with Crippen molar-refractivity contribution < 1.29 is 19.9 Å². The van der Waals surface area contributed by atoms with E-state index in [2.05, 4.69) is 34.1 Å². The zero-order valence-electron chi connectivity index (χ0n) is 16.2. The smallest absolute Gasteiger partial charge is 0.451 e. The van der Waals surface area contributed by atoms with Gasteiger partial charge in [-0.3, -0.25) is 9.69 Å². The lowest BCUT2D eigenvalue weighted by atomic mass is 9.74. The Bertz CT molecular complexity index is 789. The van der Waals surface area contributed by atoms with Crippen molar-refractivity contribution >= 4 is 24.0 Å². The molecular formula is C20H30BN3O4. The van der Waals surface area contributed by atoms with Gasteiger partial charge in [-0.15, -0.1) is 0 Å². The van der Waals surface area contributed by atoms with Crippen molar-refractivity contribution in [2.75, 3.05) is 13.1 Å². The number of carbonyl (C=O) groups is 1. The zero-order chi connectivity index (χ0) is 20.1. The van der Waals surface area contributed by atoms with E-state index in [9.17, 15) is 9.90 Å². The fourth-order valence-electron chi connectivity index (χ4n) is 4.36. The van der Waals surface area contributed by atoms with Crippen LogP contribution in [0, 0.1) is 5.92 Å². The van der Waals surface area contributed by atoms with Gasteiger partial charge in [-0.05, 0) is 61.6 Å². The number of para-hydroxylation sites is 1. The van der Waals surface area contributed by atoms with Crippen LogP contribution in [-0.2, 0) is 11.3 Å². The molecule has 152 valence electrons. The third-order valence-corrected chi connectivity index (χ3v) is 6.08. The van der Waals surface area contributed by atoms with Gasteiger partial charge < -0.3 is 25.9 Å². The number of benzene rings is 1. The van der Waals surface area contributed by atoms with Crippen LogP contribution in [0.4, 0.5) is 0 Å². The molecule has 0 radical (unpaired) electrons. The predicted octanol–water partition coefficient (Wildman–Crippen LogP) is 1.81. The summed E-state index contributed by atoms with van der Waals surface area (Å²) in [6, 6.07) is 8.35. The summed E-state index contributed by atoms with van der Waals surface area (Å²) in [7, 11) is -1.34. The number of unbranched alkanes of at least 4 members (excludes halogenated alkanes) is 1. The van der Waals surface area contributed by atoms with Gasteiger partial charge in [0.05, 0.1) is 0 Å². The minimum absolute atomic E-state index is 0.0680. The van der Waals surface area contributed by atoms with Crippen LogP contribution in [-0.4, -0.2) is 56.8 Å². The molecule has 1 aliphatic heterocycles. The molecule has 0 amide bonds. The molecule has 3 rings (SSSR count). The maximum absolute atomic E-state index is 11.9. The Morgan fingerprint density at radius 2 is 2.00 bits per heavy atom. The minimum atomic E-state index is -1.34. The first-order valence-corrected chi connectivity index (χ1v) is 10.1. The molecule has 28 heavy (non-hydrogen) atoms. The van der Waals surface area contributed by atoms with E-state index in [-0.39, 0.29) is 12.2 Å². The maximum Gasteiger partial charge on any atom is 0.451 e. The lowest BCUT2D eigenvalue weighted by molar-refractivity contribution is -0.147. The number of nitrogens with two attached hydrogens (primary N) is 1. The molecule has 7 nitrogen and oxygen atoms in total. The molecule has 1 aromatic carbocycles. The molecule has 0 saturated carbocycles. The van der Waals surface area contributed by atoms with Crippen LogP contribution in [0.2, 0.25) is 6.32 Å². The van der Waals surface area contributed by atoms with Crippen LogP contribution >= 0.6 is 0 Å². The fourth-order valence-corrected chi connectivity index (χ4v) is 4.36. The summed E-state index contributed by atoms with van der Waals surface area (Å²) < 4.78 is 0. The largest absolute Gasteiger partial charge is 0.480 e. The van der Waals surface area contributed by atoms with Crippen LogP contribution in [0.1, 0.15) is 37.7 Å². The topological polar surface area (TPSA) is 123 Å². The molecule has 0 aliphatic carbocycles. The van der Waals surface area contributed by atoms with E-state index in [0.29, 0.717) is 19.3 Å². The number of aliphatic carboxylic acids is 1. The number of rotatable bonds is 9. The van der Waals surface area contributed by atoms with Gasteiger partial charge >= 0.3 is 13.1 Å². The number of nitrogens with one attached hydrogen (secondary N) is 1. The maximum atomic E-state index is 11.9.